The van der Waals surface area contributed by atoms with Crippen molar-refractivity contribution in [2.24, 2.45) is 4.99 Å². The van der Waals surface area contributed by atoms with Crippen LogP contribution in [-0.4, -0.2) is 46.1 Å². The van der Waals surface area contributed by atoms with E-state index in [9.17, 15) is 0 Å². The summed E-state index contributed by atoms with van der Waals surface area (Å²) in [5, 5.41) is 6.30. The van der Waals surface area contributed by atoms with Gasteiger partial charge in [-0.15, -0.1) is 0 Å². The molecule has 8 aromatic heterocycles. The maximum atomic E-state index is 5.24. The topological polar surface area (TPSA) is 115 Å². The van der Waals surface area contributed by atoms with Crippen molar-refractivity contribution in [3.05, 3.63) is 267 Å². The molecule has 0 atom stereocenters. The summed E-state index contributed by atoms with van der Waals surface area (Å²) in [6, 6.07) is 79.3. The number of aromatic nitrogens is 8. The summed E-state index contributed by atoms with van der Waals surface area (Å²) < 4.78 is 0. The van der Waals surface area contributed by atoms with Crippen LogP contribution in [0.5, 0.6) is 0 Å². The Morgan fingerprint density at radius 3 is 1.67 bits per heavy atom. The summed E-state index contributed by atoms with van der Waals surface area (Å²) in [6.45, 7) is 6.57. The molecule has 9 nitrogen and oxygen atoms in total. The molecule has 9 heteroatoms. The minimum Gasteiger partial charge on any atom is -0.256 e. The van der Waals surface area contributed by atoms with Crippen LogP contribution in [0.4, 0.5) is 5.69 Å². The summed E-state index contributed by atoms with van der Waals surface area (Å²) in [5.41, 5.74) is 22.1. The molecule has 388 valence electrons. The number of pyridine rings is 8. The van der Waals surface area contributed by atoms with Gasteiger partial charge < -0.3 is 0 Å². The van der Waals surface area contributed by atoms with E-state index >= 15 is 0 Å². The van der Waals surface area contributed by atoms with E-state index in [0.29, 0.717) is 0 Å². The molecule has 83 heavy (non-hydrogen) atoms. The number of hydrogen-bond donors (Lipinski definition) is 0. The number of nitrogens with zero attached hydrogens (tertiary/aromatic N) is 9. The standard InChI is InChI=1S/C74H47N9/c1-45-14-15-55(42-69(45)78-44-46(2)50-9-7-10-56(37-50)61-30-25-57-38-51(23-28-62(57)79-61)53-19-16-47-21-31-66(81-70(47)40-53)64-12-3-5-34-75-64)60-43-72(65-13-4-6-35-76-65)82-71-41-54(20-27-59(60)71)52-24-29-63-58(39-52)26-33-67(80-63)68-32-22-49-18-17-48-11-8-36-77-73(48)74(49)83-68/h3-44H,2H2,1H3. The fourth-order valence-electron chi connectivity index (χ4n) is 11.0. The molecule has 0 aliphatic rings. The van der Waals surface area contributed by atoms with Crippen molar-refractivity contribution in [2.75, 3.05) is 0 Å². The van der Waals surface area contributed by atoms with Gasteiger partial charge in [-0.3, -0.25) is 19.9 Å². The number of fused-ring (bicyclic) bond motifs is 7. The van der Waals surface area contributed by atoms with E-state index in [-0.39, 0.29) is 0 Å². The van der Waals surface area contributed by atoms with Crippen molar-refractivity contribution >= 4 is 82.9 Å². The predicted molar refractivity (Wildman–Crippen MR) is 340 cm³/mol. The minimum absolute atomic E-state index is 0.783. The molecule has 0 aliphatic heterocycles. The summed E-state index contributed by atoms with van der Waals surface area (Å²) in [7, 11) is 0. The number of hydrogen-bond acceptors (Lipinski definition) is 9. The Bertz CT molecular complexity index is 5140. The monoisotopic (exact) mass is 1060 g/mol. The van der Waals surface area contributed by atoms with E-state index < -0.39 is 0 Å². The summed E-state index contributed by atoms with van der Waals surface area (Å²) in [4.78, 5) is 44.4. The number of aryl methyl sites for hydroxylation is 1. The average Bonchev–Trinajstić information content (AvgIpc) is 3.73. The van der Waals surface area contributed by atoms with Crippen LogP contribution in [0.3, 0.4) is 0 Å². The van der Waals surface area contributed by atoms with E-state index in [0.717, 1.165) is 167 Å². The van der Waals surface area contributed by atoms with E-state index in [1.165, 1.54) is 0 Å². The molecule has 7 aromatic carbocycles. The quantitative estimate of drug-likeness (QED) is 0.0982. The van der Waals surface area contributed by atoms with Crippen molar-refractivity contribution in [2.45, 2.75) is 6.92 Å². The second kappa shape index (κ2) is 20.4. The molecule has 0 aliphatic carbocycles. The van der Waals surface area contributed by atoms with Gasteiger partial charge in [-0.25, -0.2) is 24.9 Å². The molecule has 0 fully saturated rings. The molecule has 0 radical (unpaired) electrons. The zero-order valence-electron chi connectivity index (χ0n) is 45.0. The van der Waals surface area contributed by atoms with Crippen LogP contribution in [0.1, 0.15) is 11.1 Å². The maximum absolute atomic E-state index is 5.24. The molecular weight excluding hydrogens is 1010 g/mol. The Kier molecular flexibility index (Phi) is 12.0. The van der Waals surface area contributed by atoms with Crippen LogP contribution in [0, 0.1) is 6.92 Å². The minimum atomic E-state index is 0.783. The third-order valence-corrected chi connectivity index (χ3v) is 15.5. The Morgan fingerprint density at radius 1 is 0.349 bits per heavy atom. The molecule has 0 saturated carbocycles. The molecule has 0 unspecified atom stereocenters. The highest BCUT2D eigenvalue weighted by Crippen LogP contribution is 2.38. The van der Waals surface area contributed by atoms with E-state index in [1.54, 1.807) is 12.4 Å². The van der Waals surface area contributed by atoms with Crippen molar-refractivity contribution in [1.82, 2.24) is 39.9 Å². The first kappa shape index (κ1) is 48.8. The van der Waals surface area contributed by atoms with Crippen LogP contribution < -0.4 is 0 Å². The molecule has 0 N–H and O–H groups in total. The molecule has 0 amide bonds. The summed E-state index contributed by atoms with van der Waals surface area (Å²) in [5.74, 6) is 0. The fourth-order valence-corrected chi connectivity index (χ4v) is 11.0. The molecule has 15 aromatic rings. The molecule has 8 heterocycles. The lowest BCUT2D eigenvalue weighted by atomic mass is 9.95. The highest BCUT2D eigenvalue weighted by atomic mass is 14.8. The molecule has 15 rings (SSSR count). The lowest BCUT2D eigenvalue weighted by Crippen LogP contribution is -1.93. The Labute approximate surface area is 477 Å². The fraction of sp³-hybridized carbons (Fsp3) is 0.0135. The average molecular weight is 1060 g/mol. The highest BCUT2D eigenvalue weighted by molar-refractivity contribution is 6.10. The van der Waals surface area contributed by atoms with Gasteiger partial charge in [-0.05, 0) is 166 Å². The van der Waals surface area contributed by atoms with E-state index in [4.69, 9.17) is 34.9 Å². The van der Waals surface area contributed by atoms with Gasteiger partial charge in [0.25, 0.3) is 0 Å². The Hall–Kier alpha value is -11.3. The first-order chi connectivity index (χ1) is 40.9. The van der Waals surface area contributed by atoms with Gasteiger partial charge in [-0.1, -0.05) is 128 Å². The molecule has 0 saturated heterocycles. The number of allylic oxidation sites excluding steroid dienone is 1. The third-order valence-electron chi connectivity index (χ3n) is 15.5. The van der Waals surface area contributed by atoms with Crippen LogP contribution >= 0.6 is 0 Å². The number of aliphatic imine (C=N–C) groups is 1. The second-order valence-corrected chi connectivity index (χ2v) is 20.8. The van der Waals surface area contributed by atoms with Crippen LogP contribution in [0.25, 0.3) is 150 Å². The Morgan fingerprint density at radius 2 is 0.916 bits per heavy atom. The first-order valence-electron chi connectivity index (χ1n) is 27.5. The SMILES string of the molecule is C=C(C=Nc1cc(-c2cc(-c3ccccn3)nc3cc(-c4ccc5nc(-c6ccc7ccc8cccnc8c7n6)ccc5c4)ccc23)ccc1C)c1cccc(-c2ccc3cc(-c4ccc5ccc(-c6ccccn6)nc5c4)ccc3n2)c1. The maximum Gasteiger partial charge on any atom is 0.0972 e. The number of rotatable bonds is 10. The van der Waals surface area contributed by atoms with Gasteiger partial charge in [0.2, 0.25) is 0 Å². The largest absolute Gasteiger partial charge is 0.256 e. The predicted octanol–water partition coefficient (Wildman–Crippen LogP) is 18.2. The zero-order valence-corrected chi connectivity index (χ0v) is 45.0. The third kappa shape index (κ3) is 9.37. The first-order valence-corrected chi connectivity index (χ1v) is 27.5. The zero-order chi connectivity index (χ0) is 55.4. The molecular formula is C74H47N9. The van der Waals surface area contributed by atoms with E-state index in [2.05, 4.69) is 187 Å². The van der Waals surface area contributed by atoms with Crippen molar-refractivity contribution in [3.8, 4) is 78.8 Å². The van der Waals surface area contributed by atoms with Crippen LogP contribution in [0.2, 0.25) is 0 Å². The van der Waals surface area contributed by atoms with Gasteiger partial charge in [-0.2, -0.15) is 0 Å². The highest BCUT2D eigenvalue weighted by Gasteiger charge is 2.16. The van der Waals surface area contributed by atoms with Gasteiger partial charge in [0, 0.05) is 62.7 Å². The van der Waals surface area contributed by atoms with Gasteiger partial charge in [0.05, 0.1) is 78.6 Å². The lowest BCUT2D eigenvalue weighted by Gasteiger charge is -2.13. The Balaban J connectivity index is 0.694. The summed E-state index contributed by atoms with van der Waals surface area (Å²) in [6.07, 6.45) is 7.28. The van der Waals surface area contributed by atoms with E-state index in [1.807, 2.05) is 79.1 Å². The van der Waals surface area contributed by atoms with Crippen LogP contribution in [0.15, 0.2) is 261 Å². The smallest absolute Gasteiger partial charge is 0.0972 e. The number of benzene rings is 7. The van der Waals surface area contributed by atoms with Gasteiger partial charge in [0.1, 0.15) is 0 Å². The molecule has 0 bridgehead atoms. The van der Waals surface area contributed by atoms with Crippen molar-refractivity contribution in [1.29, 1.82) is 0 Å². The van der Waals surface area contributed by atoms with Crippen molar-refractivity contribution < 1.29 is 0 Å². The second-order valence-electron chi connectivity index (χ2n) is 20.8. The van der Waals surface area contributed by atoms with Gasteiger partial charge in [0.15, 0.2) is 0 Å². The van der Waals surface area contributed by atoms with Crippen molar-refractivity contribution in [3.63, 3.8) is 0 Å². The normalized spacial score (nSPS) is 11.7. The van der Waals surface area contributed by atoms with Crippen LogP contribution in [-0.2, 0) is 0 Å². The van der Waals surface area contributed by atoms with Gasteiger partial charge >= 0.3 is 0 Å². The summed E-state index contributed by atoms with van der Waals surface area (Å²) >= 11 is 0. The molecule has 0 spiro atoms. The lowest BCUT2D eigenvalue weighted by molar-refractivity contribution is 1.28.